The molecule has 2 amide bonds. The van der Waals surface area contributed by atoms with E-state index in [1.54, 1.807) is 22.7 Å². The van der Waals surface area contributed by atoms with Gasteiger partial charge in [0.05, 0.1) is 45.6 Å². The second-order valence-corrected chi connectivity index (χ2v) is 14.2. The molecule has 0 unspecified atom stereocenters. The molecule has 0 aromatic carbocycles. The number of rotatable bonds is 9. The van der Waals surface area contributed by atoms with Crippen LogP contribution in [-0.4, -0.2) is 64.6 Å². The lowest BCUT2D eigenvalue weighted by molar-refractivity contribution is -0.133. The Morgan fingerprint density at radius 3 is 1.57 bits per heavy atom. The zero-order valence-corrected chi connectivity index (χ0v) is 26.2. The average molecular weight is 607 g/mol. The summed E-state index contributed by atoms with van der Waals surface area (Å²) in [6.07, 6.45) is 12.4. The molecule has 2 N–H and O–H groups in total. The van der Waals surface area contributed by atoms with E-state index in [1.807, 2.05) is 34.6 Å². The third-order valence-corrected chi connectivity index (χ3v) is 10.1. The Bertz CT molecular complexity index is 1430. The molecule has 42 heavy (non-hydrogen) atoms. The van der Waals surface area contributed by atoms with E-state index >= 15 is 0 Å². The Balaban J connectivity index is 1.14. The van der Waals surface area contributed by atoms with E-state index in [4.69, 9.17) is 0 Å². The quantitative estimate of drug-likeness (QED) is 0.225. The Labute approximate surface area is 254 Å². The molecule has 4 aromatic rings. The molecule has 2 saturated heterocycles. The summed E-state index contributed by atoms with van der Waals surface area (Å²) >= 11 is 3.18. The van der Waals surface area contributed by atoms with Gasteiger partial charge in [0.25, 0.3) is 0 Å². The third kappa shape index (κ3) is 5.92. The van der Waals surface area contributed by atoms with Crippen molar-refractivity contribution in [2.24, 2.45) is 11.8 Å². The molecule has 222 valence electrons. The fourth-order valence-corrected chi connectivity index (χ4v) is 7.71. The molecule has 2 aliphatic heterocycles. The molecule has 12 heteroatoms. The molecule has 0 bridgehead atoms. The lowest BCUT2D eigenvalue weighted by Crippen LogP contribution is -2.31. The van der Waals surface area contributed by atoms with Crippen LogP contribution >= 0.6 is 22.7 Å². The van der Waals surface area contributed by atoms with E-state index in [0.717, 1.165) is 81.6 Å². The molecule has 10 nitrogen and oxygen atoms in total. The topological polar surface area (TPSA) is 124 Å². The van der Waals surface area contributed by atoms with Crippen LogP contribution in [0.1, 0.15) is 90.0 Å². The molecule has 0 saturated carbocycles. The Hall–Kier alpha value is -3.38. The van der Waals surface area contributed by atoms with Gasteiger partial charge in [0.1, 0.15) is 21.7 Å². The van der Waals surface area contributed by atoms with E-state index < -0.39 is 0 Å². The zero-order valence-electron chi connectivity index (χ0n) is 24.6. The van der Waals surface area contributed by atoms with Crippen LogP contribution in [0.2, 0.25) is 0 Å². The van der Waals surface area contributed by atoms with E-state index in [9.17, 15) is 9.59 Å². The summed E-state index contributed by atoms with van der Waals surface area (Å²) in [5.74, 6) is 2.74. The minimum Gasteiger partial charge on any atom is -0.338 e. The van der Waals surface area contributed by atoms with Gasteiger partial charge in [0.2, 0.25) is 11.8 Å². The SMILES string of the molecule is CC(C)CC(=O)N1CCC[C@H]1c1ncc(-c2ncc(-c3cnc(-c4cnc([C@@H]5CCCN5C(=O)CC(C)C)[nH]4)s3)s2)[nH]1. The van der Waals surface area contributed by atoms with E-state index in [1.165, 1.54) is 0 Å². The van der Waals surface area contributed by atoms with Crippen molar-refractivity contribution in [2.75, 3.05) is 13.1 Å². The van der Waals surface area contributed by atoms with Crippen LogP contribution in [0.3, 0.4) is 0 Å². The van der Waals surface area contributed by atoms with Gasteiger partial charge in [0.15, 0.2) is 0 Å². The van der Waals surface area contributed by atoms with Crippen LogP contribution in [0, 0.1) is 11.8 Å². The number of carbonyl (C=O) groups excluding carboxylic acids is 2. The molecule has 2 aliphatic rings. The summed E-state index contributed by atoms with van der Waals surface area (Å²) in [6, 6.07) is -0.00477. The molecule has 0 radical (unpaired) electrons. The van der Waals surface area contributed by atoms with E-state index in [2.05, 4.69) is 57.6 Å². The number of thiazole rings is 2. The smallest absolute Gasteiger partial charge is 0.223 e. The molecule has 0 aliphatic carbocycles. The van der Waals surface area contributed by atoms with Crippen molar-refractivity contribution >= 4 is 34.5 Å². The molecule has 2 fully saturated rings. The highest BCUT2D eigenvalue weighted by atomic mass is 32.1. The van der Waals surface area contributed by atoms with Crippen LogP contribution in [0.25, 0.3) is 31.2 Å². The second kappa shape index (κ2) is 12.1. The Kier molecular flexibility index (Phi) is 8.26. The number of aromatic nitrogens is 6. The number of amides is 2. The number of carbonyl (C=O) groups is 2. The van der Waals surface area contributed by atoms with Gasteiger partial charge in [0, 0.05) is 38.3 Å². The highest BCUT2D eigenvalue weighted by molar-refractivity contribution is 7.24. The van der Waals surface area contributed by atoms with Gasteiger partial charge >= 0.3 is 0 Å². The van der Waals surface area contributed by atoms with Gasteiger partial charge in [-0.05, 0) is 37.5 Å². The van der Waals surface area contributed by atoms with Gasteiger partial charge in [-0.15, -0.1) is 22.7 Å². The summed E-state index contributed by atoms with van der Waals surface area (Å²) in [5, 5.41) is 1.71. The molecule has 6 heterocycles. The fourth-order valence-electron chi connectivity index (χ4n) is 5.89. The highest BCUT2D eigenvalue weighted by Crippen LogP contribution is 2.39. The second-order valence-electron chi connectivity index (χ2n) is 12.1. The number of H-pyrrole nitrogens is 2. The molecular weight excluding hydrogens is 569 g/mol. The third-order valence-electron chi connectivity index (χ3n) is 7.85. The van der Waals surface area contributed by atoms with E-state index in [-0.39, 0.29) is 23.9 Å². The molecule has 4 aromatic heterocycles. The number of imidazole rings is 2. The number of nitrogens with one attached hydrogen (secondary N) is 2. The van der Waals surface area contributed by atoms with Crippen LogP contribution in [0.5, 0.6) is 0 Å². The van der Waals surface area contributed by atoms with Crippen molar-refractivity contribution in [3.63, 3.8) is 0 Å². The lowest BCUT2D eigenvalue weighted by atomic mass is 10.1. The van der Waals surface area contributed by atoms with Gasteiger partial charge in [-0.2, -0.15) is 0 Å². The summed E-state index contributed by atoms with van der Waals surface area (Å²) in [6.45, 7) is 9.88. The van der Waals surface area contributed by atoms with Gasteiger partial charge < -0.3 is 19.8 Å². The number of hydrogen-bond acceptors (Lipinski definition) is 8. The maximum atomic E-state index is 12.8. The molecule has 6 rings (SSSR count). The minimum atomic E-state index is -0.00239. The van der Waals surface area contributed by atoms with Crippen molar-refractivity contribution in [3.05, 3.63) is 36.4 Å². The van der Waals surface area contributed by atoms with Crippen molar-refractivity contribution in [3.8, 4) is 31.2 Å². The molecule has 0 spiro atoms. The standard InChI is InChI=1S/C30H38N8O2S2/c1-17(2)11-25(39)37-9-5-7-21(37)27-31-13-19(35-27)29-33-15-23(41-29)24-16-34-30(42-24)20-14-32-28(36-20)22-8-6-10-38(22)26(40)12-18(3)4/h13-18,21-22H,5-12H2,1-4H3,(H,31,35)(H,32,36)/t21-,22-/m0/s1. The largest absolute Gasteiger partial charge is 0.338 e. The van der Waals surface area contributed by atoms with Crippen LogP contribution in [0.4, 0.5) is 0 Å². The van der Waals surface area contributed by atoms with Gasteiger partial charge in [-0.25, -0.2) is 19.9 Å². The summed E-state index contributed by atoms with van der Waals surface area (Å²) < 4.78 is 0. The monoisotopic (exact) mass is 606 g/mol. The lowest BCUT2D eigenvalue weighted by Gasteiger charge is -2.24. The predicted molar refractivity (Wildman–Crippen MR) is 165 cm³/mol. The van der Waals surface area contributed by atoms with Crippen molar-refractivity contribution in [1.82, 2.24) is 39.7 Å². The maximum absolute atomic E-state index is 12.8. The number of hydrogen-bond donors (Lipinski definition) is 2. The first kappa shape index (κ1) is 28.7. The Morgan fingerprint density at radius 2 is 1.17 bits per heavy atom. The highest BCUT2D eigenvalue weighted by Gasteiger charge is 2.33. The summed E-state index contributed by atoms with van der Waals surface area (Å²) in [7, 11) is 0. The first-order valence-corrected chi connectivity index (χ1v) is 16.5. The number of likely N-dealkylation sites (tertiary alicyclic amines) is 2. The summed E-state index contributed by atoms with van der Waals surface area (Å²) in [5.41, 5.74) is 1.72. The van der Waals surface area contributed by atoms with Crippen LogP contribution in [0.15, 0.2) is 24.8 Å². The van der Waals surface area contributed by atoms with Crippen LogP contribution in [-0.2, 0) is 9.59 Å². The van der Waals surface area contributed by atoms with Gasteiger partial charge in [-0.1, -0.05) is 27.7 Å². The number of aromatic amines is 2. The van der Waals surface area contributed by atoms with Crippen molar-refractivity contribution in [2.45, 2.75) is 78.3 Å². The molecule has 2 atom stereocenters. The van der Waals surface area contributed by atoms with Crippen molar-refractivity contribution in [1.29, 1.82) is 0 Å². The fraction of sp³-hybridized carbons (Fsp3) is 0.533. The van der Waals surface area contributed by atoms with E-state index in [0.29, 0.717) is 24.7 Å². The maximum Gasteiger partial charge on any atom is 0.223 e. The number of nitrogens with zero attached hydrogens (tertiary/aromatic N) is 6. The predicted octanol–water partition coefficient (Wildman–Crippen LogP) is 6.47. The first-order chi connectivity index (χ1) is 20.3. The molecular formula is C30H38N8O2S2. The first-order valence-electron chi connectivity index (χ1n) is 14.9. The van der Waals surface area contributed by atoms with Crippen LogP contribution < -0.4 is 0 Å². The summed E-state index contributed by atoms with van der Waals surface area (Å²) in [4.78, 5) is 57.1. The minimum absolute atomic E-state index is 0.00239. The average Bonchev–Trinajstić information content (AvgIpc) is 3.77. The Morgan fingerprint density at radius 1 is 0.738 bits per heavy atom. The van der Waals surface area contributed by atoms with Gasteiger partial charge in [-0.3, -0.25) is 9.59 Å². The zero-order chi connectivity index (χ0) is 29.4. The normalized spacial score (nSPS) is 19.1. The van der Waals surface area contributed by atoms with Crippen molar-refractivity contribution < 1.29 is 9.59 Å².